The second kappa shape index (κ2) is 11.8. The van der Waals surface area contributed by atoms with E-state index in [0.717, 1.165) is 45.8 Å². The molecule has 1 N–H and O–H groups in total. The summed E-state index contributed by atoms with van der Waals surface area (Å²) >= 11 is 1.33. The summed E-state index contributed by atoms with van der Waals surface area (Å²) in [4.78, 5) is 36.1. The van der Waals surface area contributed by atoms with Crippen molar-refractivity contribution >= 4 is 23.2 Å². The molecular formula is C36H32FN5O4S. The lowest BCUT2D eigenvalue weighted by Gasteiger charge is -2.16. The molecule has 3 aliphatic rings. The van der Waals surface area contributed by atoms with E-state index in [1.165, 1.54) is 23.5 Å². The van der Waals surface area contributed by atoms with Gasteiger partial charge in [-0.3, -0.25) is 14.6 Å². The molecule has 1 aliphatic carbocycles. The number of benzene rings is 2. The van der Waals surface area contributed by atoms with Crippen molar-refractivity contribution in [1.82, 2.24) is 25.4 Å². The second-order valence-corrected chi connectivity index (χ2v) is 13.3. The molecule has 2 amide bonds. The van der Waals surface area contributed by atoms with Gasteiger partial charge in [0.15, 0.2) is 0 Å². The number of amides is 2. The van der Waals surface area contributed by atoms with Crippen LogP contribution in [0.25, 0.3) is 21.9 Å². The Hall–Kier alpha value is -4.74. The summed E-state index contributed by atoms with van der Waals surface area (Å²) in [6.07, 6.45) is 3.43. The molecule has 3 atom stereocenters. The van der Waals surface area contributed by atoms with E-state index in [0.29, 0.717) is 53.3 Å². The summed E-state index contributed by atoms with van der Waals surface area (Å²) in [5.41, 5.74) is 6.39. The number of nitrogens with one attached hydrogen (secondary N) is 1. The summed E-state index contributed by atoms with van der Waals surface area (Å²) in [5.74, 6) is 0.110. The van der Waals surface area contributed by atoms with Gasteiger partial charge in [0, 0.05) is 37.4 Å². The van der Waals surface area contributed by atoms with Gasteiger partial charge in [-0.15, -0.1) is 21.5 Å². The summed E-state index contributed by atoms with van der Waals surface area (Å²) in [7, 11) is 1.69. The van der Waals surface area contributed by atoms with E-state index in [1.54, 1.807) is 32.2 Å². The Morgan fingerprint density at radius 1 is 1.04 bits per heavy atom. The number of thiophene rings is 1. The Balaban J connectivity index is 1.21. The van der Waals surface area contributed by atoms with Gasteiger partial charge in [-0.2, -0.15) is 0 Å². The maximum absolute atomic E-state index is 14.0. The third kappa shape index (κ3) is 5.14. The molecule has 8 rings (SSSR count). The largest absolute Gasteiger partial charge is 0.421 e. The second-order valence-electron chi connectivity index (χ2n) is 12.3. The number of hydrogen-bond acceptors (Lipinski definition) is 8. The van der Waals surface area contributed by atoms with Gasteiger partial charge in [-0.1, -0.05) is 36.4 Å². The Labute approximate surface area is 274 Å². The molecule has 0 radical (unpaired) electrons. The number of methoxy groups -OCH3 is 1. The minimum absolute atomic E-state index is 0.0693. The van der Waals surface area contributed by atoms with Gasteiger partial charge in [0.25, 0.3) is 11.8 Å². The minimum Gasteiger partial charge on any atom is -0.421 e. The zero-order valence-electron chi connectivity index (χ0n) is 26.0. The Kier molecular flexibility index (Phi) is 7.45. The highest BCUT2D eigenvalue weighted by Crippen LogP contribution is 2.49. The predicted molar refractivity (Wildman–Crippen MR) is 173 cm³/mol. The molecule has 0 spiro atoms. The number of ether oxygens (including phenoxy) is 1. The van der Waals surface area contributed by atoms with Crippen LogP contribution in [-0.2, 0) is 17.6 Å². The topological polar surface area (TPSA) is 110 Å². The maximum atomic E-state index is 14.0. The predicted octanol–water partition coefficient (Wildman–Crippen LogP) is 6.95. The number of fused-ring (bicyclic) bond motifs is 4. The summed E-state index contributed by atoms with van der Waals surface area (Å²) < 4.78 is 25.3. The molecule has 5 aromatic rings. The molecule has 2 aliphatic heterocycles. The van der Waals surface area contributed by atoms with Gasteiger partial charge < -0.3 is 19.4 Å². The SMILES string of the molecule is CO[C@@H]1C[C@H](NC(=O)c2ccc(-c3c4c(nc(CCc5ccc(F)cc5)c3-c3nnc(C)o3)[C@H]3CCCN3C4=O)s2)c2ccccc21. The highest BCUT2D eigenvalue weighted by Gasteiger charge is 2.45. The number of aryl methyl sites for hydroxylation is 3. The number of carbonyl (C=O) groups excluding carboxylic acids is 2. The maximum Gasteiger partial charge on any atom is 0.261 e. The van der Waals surface area contributed by atoms with Crippen LogP contribution in [0.3, 0.4) is 0 Å². The first-order valence-electron chi connectivity index (χ1n) is 15.8. The van der Waals surface area contributed by atoms with Crippen LogP contribution in [0, 0.1) is 12.7 Å². The van der Waals surface area contributed by atoms with Crippen molar-refractivity contribution in [1.29, 1.82) is 0 Å². The van der Waals surface area contributed by atoms with E-state index < -0.39 is 0 Å². The van der Waals surface area contributed by atoms with E-state index >= 15 is 0 Å². The first-order chi connectivity index (χ1) is 22.9. The Bertz CT molecular complexity index is 2020. The third-order valence-corrected chi connectivity index (χ3v) is 10.6. The smallest absolute Gasteiger partial charge is 0.261 e. The van der Waals surface area contributed by atoms with Crippen LogP contribution in [0.15, 0.2) is 65.1 Å². The standard InChI is InChI=1S/C36H32FN5O4S/c1-19-40-41-35(46-19)30-24(14-11-20-9-12-21(37)13-10-20)38-33-26-8-5-17-42(26)36(44)32(33)31(30)28-15-16-29(47-28)34(43)39-25-18-27(45-2)23-7-4-3-6-22(23)25/h3-4,6-7,9-10,12-13,15-16,25-27H,5,8,11,14,17-18H2,1-2H3,(H,39,43)/t25-,26+,27+/m0/s1. The van der Waals surface area contributed by atoms with Crippen molar-refractivity contribution in [2.24, 2.45) is 0 Å². The molecule has 2 aromatic carbocycles. The molecular weight excluding hydrogens is 617 g/mol. The molecule has 0 unspecified atom stereocenters. The quantitative estimate of drug-likeness (QED) is 0.194. The molecule has 1 fully saturated rings. The first kappa shape index (κ1) is 29.6. The van der Waals surface area contributed by atoms with Crippen molar-refractivity contribution in [2.45, 2.75) is 57.2 Å². The van der Waals surface area contributed by atoms with Crippen molar-refractivity contribution in [3.8, 4) is 21.9 Å². The molecule has 238 valence electrons. The van der Waals surface area contributed by atoms with Gasteiger partial charge >= 0.3 is 0 Å². The number of carbonyl (C=O) groups is 2. The van der Waals surface area contributed by atoms with Gasteiger partial charge in [-0.05, 0) is 66.6 Å². The van der Waals surface area contributed by atoms with Gasteiger partial charge in [0.05, 0.1) is 45.6 Å². The van der Waals surface area contributed by atoms with Gasteiger partial charge in [-0.25, -0.2) is 4.39 Å². The van der Waals surface area contributed by atoms with Crippen LogP contribution in [-0.4, -0.2) is 45.6 Å². The lowest BCUT2D eigenvalue weighted by molar-refractivity contribution is 0.0775. The van der Waals surface area contributed by atoms with Crippen LogP contribution in [0.5, 0.6) is 0 Å². The van der Waals surface area contributed by atoms with Crippen LogP contribution < -0.4 is 5.32 Å². The number of pyridine rings is 1. The normalized spacial score (nSPS) is 19.6. The molecule has 9 nitrogen and oxygen atoms in total. The average molecular weight is 650 g/mol. The van der Waals surface area contributed by atoms with Crippen LogP contribution in [0.2, 0.25) is 0 Å². The van der Waals surface area contributed by atoms with Crippen molar-refractivity contribution in [3.63, 3.8) is 0 Å². The van der Waals surface area contributed by atoms with E-state index in [9.17, 15) is 14.0 Å². The molecule has 0 saturated carbocycles. The Morgan fingerprint density at radius 3 is 2.62 bits per heavy atom. The third-order valence-electron chi connectivity index (χ3n) is 9.48. The van der Waals surface area contributed by atoms with E-state index in [-0.39, 0.29) is 41.7 Å². The zero-order valence-corrected chi connectivity index (χ0v) is 26.8. The highest BCUT2D eigenvalue weighted by molar-refractivity contribution is 7.17. The lowest BCUT2D eigenvalue weighted by Crippen LogP contribution is -2.26. The monoisotopic (exact) mass is 649 g/mol. The zero-order chi connectivity index (χ0) is 32.2. The van der Waals surface area contributed by atoms with Crippen molar-refractivity contribution in [2.75, 3.05) is 13.7 Å². The van der Waals surface area contributed by atoms with E-state index in [1.807, 2.05) is 35.2 Å². The number of hydrogen-bond donors (Lipinski definition) is 1. The molecule has 47 heavy (non-hydrogen) atoms. The van der Waals surface area contributed by atoms with Crippen LogP contribution in [0.1, 0.15) is 91.4 Å². The van der Waals surface area contributed by atoms with Crippen LogP contribution in [0.4, 0.5) is 4.39 Å². The summed E-state index contributed by atoms with van der Waals surface area (Å²) in [6.45, 7) is 2.39. The number of rotatable bonds is 8. The van der Waals surface area contributed by atoms with E-state index in [4.69, 9.17) is 14.1 Å². The molecule has 1 saturated heterocycles. The molecule has 5 heterocycles. The highest BCUT2D eigenvalue weighted by atomic mass is 32.1. The van der Waals surface area contributed by atoms with Crippen LogP contribution >= 0.6 is 11.3 Å². The fourth-order valence-corrected chi connectivity index (χ4v) is 8.26. The number of aromatic nitrogens is 3. The molecule has 3 aromatic heterocycles. The fraction of sp³-hybridized carbons (Fsp3) is 0.306. The van der Waals surface area contributed by atoms with E-state index in [2.05, 4.69) is 15.5 Å². The molecule has 0 bridgehead atoms. The average Bonchev–Trinajstić information content (AvgIpc) is 3.92. The molecule has 11 heteroatoms. The first-order valence-corrected chi connectivity index (χ1v) is 16.7. The Morgan fingerprint density at radius 2 is 1.85 bits per heavy atom. The number of halogens is 1. The minimum atomic E-state index is -0.290. The van der Waals surface area contributed by atoms with Crippen molar-refractivity contribution < 1.29 is 23.1 Å². The fourth-order valence-electron chi connectivity index (χ4n) is 7.29. The summed E-state index contributed by atoms with van der Waals surface area (Å²) in [5, 5.41) is 11.7. The van der Waals surface area contributed by atoms with Gasteiger partial charge in [0.1, 0.15) is 5.82 Å². The lowest BCUT2D eigenvalue weighted by atomic mass is 9.93. The van der Waals surface area contributed by atoms with Crippen molar-refractivity contribution in [3.05, 3.63) is 111 Å². The summed E-state index contributed by atoms with van der Waals surface area (Å²) in [6, 6.07) is 17.9. The van der Waals surface area contributed by atoms with Gasteiger partial charge in [0.2, 0.25) is 11.8 Å². The number of nitrogens with zero attached hydrogens (tertiary/aromatic N) is 4.